The van der Waals surface area contributed by atoms with Crippen LogP contribution in [-0.4, -0.2) is 28.8 Å². The van der Waals surface area contributed by atoms with Crippen molar-refractivity contribution in [2.24, 2.45) is 5.92 Å². The lowest BCUT2D eigenvalue weighted by atomic mass is 10.1. The van der Waals surface area contributed by atoms with Gasteiger partial charge in [0, 0.05) is 11.6 Å². The third-order valence-corrected chi connectivity index (χ3v) is 6.44. The maximum absolute atomic E-state index is 12.7. The Morgan fingerprint density at radius 1 is 1.30 bits per heavy atom. The predicted molar refractivity (Wildman–Crippen MR) is 131 cm³/mol. The summed E-state index contributed by atoms with van der Waals surface area (Å²) < 4.78 is 12.8. The maximum Gasteiger partial charge on any atom is 0.266 e. The number of thiocarbonyl (C=S) groups is 1. The van der Waals surface area contributed by atoms with Gasteiger partial charge in [0.05, 0.1) is 16.5 Å². The second kappa shape index (κ2) is 10.2. The normalized spacial score (nSPS) is 15.4. The number of hydrogen-bond donors (Lipinski definition) is 0. The van der Waals surface area contributed by atoms with Gasteiger partial charge in [-0.1, -0.05) is 61.6 Å². The van der Waals surface area contributed by atoms with Gasteiger partial charge in [-0.2, -0.15) is 0 Å². The van der Waals surface area contributed by atoms with E-state index >= 15 is 0 Å². The highest BCUT2D eigenvalue weighted by Crippen LogP contribution is 2.39. The third kappa shape index (κ3) is 5.58. The predicted octanol–water partition coefficient (Wildman–Crippen LogP) is 6.55. The Hall–Kier alpha value is -1.54. The highest BCUT2D eigenvalue weighted by Gasteiger charge is 2.32. The highest BCUT2D eigenvalue weighted by atomic mass is 79.9. The van der Waals surface area contributed by atoms with Crippen LogP contribution in [0.4, 0.5) is 0 Å². The average molecular weight is 527 g/mol. The molecule has 3 rings (SSSR count). The molecule has 0 atom stereocenters. The quantitative estimate of drug-likeness (QED) is 0.302. The number of methoxy groups -OCH3 is 1. The molecule has 0 aliphatic carbocycles. The number of halogens is 2. The van der Waals surface area contributed by atoms with Crippen LogP contribution >= 0.6 is 51.5 Å². The molecule has 1 amide bonds. The van der Waals surface area contributed by atoms with Crippen LogP contribution in [-0.2, 0) is 11.4 Å². The number of benzene rings is 2. The number of ether oxygens (including phenoxy) is 2. The summed E-state index contributed by atoms with van der Waals surface area (Å²) in [6.07, 6.45) is 1.83. The van der Waals surface area contributed by atoms with Crippen molar-refractivity contribution in [2.45, 2.75) is 20.5 Å². The van der Waals surface area contributed by atoms with Gasteiger partial charge >= 0.3 is 0 Å². The Bertz CT molecular complexity index is 1010. The first-order valence-corrected chi connectivity index (χ1v) is 11.7. The molecule has 1 heterocycles. The minimum absolute atomic E-state index is 0.0601. The lowest BCUT2D eigenvalue weighted by molar-refractivity contribution is -0.122. The summed E-state index contributed by atoms with van der Waals surface area (Å²) in [5.41, 5.74) is 1.77. The fourth-order valence-electron chi connectivity index (χ4n) is 2.92. The van der Waals surface area contributed by atoms with Gasteiger partial charge < -0.3 is 9.47 Å². The molecule has 158 valence electrons. The molecule has 0 unspecified atom stereocenters. The van der Waals surface area contributed by atoms with Gasteiger partial charge in [0.2, 0.25) is 0 Å². The number of hydrogen-bond acceptors (Lipinski definition) is 5. The van der Waals surface area contributed by atoms with Gasteiger partial charge in [0.25, 0.3) is 5.91 Å². The van der Waals surface area contributed by atoms with E-state index < -0.39 is 0 Å². The number of thioether (sulfide) groups is 1. The van der Waals surface area contributed by atoms with Gasteiger partial charge in [-0.05, 0) is 63.3 Å². The van der Waals surface area contributed by atoms with Gasteiger partial charge in [-0.3, -0.25) is 9.69 Å². The Morgan fingerprint density at radius 3 is 2.73 bits per heavy atom. The summed E-state index contributed by atoms with van der Waals surface area (Å²) in [5.74, 6) is 1.43. The molecular formula is C22H21BrClNO3S2. The summed E-state index contributed by atoms with van der Waals surface area (Å²) in [5, 5.41) is 0.659. The fraction of sp³-hybridized carbons (Fsp3) is 0.273. The molecule has 1 saturated heterocycles. The number of nitrogens with zero attached hydrogens (tertiary/aromatic N) is 1. The zero-order valence-electron chi connectivity index (χ0n) is 16.8. The van der Waals surface area contributed by atoms with E-state index in [4.69, 9.17) is 33.3 Å². The van der Waals surface area contributed by atoms with Crippen molar-refractivity contribution in [3.8, 4) is 11.5 Å². The second-order valence-corrected chi connectivity index (χ2v) is 10.1. The first kappa shape index (κ1) is 23.1. The number of carbonyl (C=O) groups is 1. The minimum Gasteiger partial charge on any atom is -0.493 e. The van der Waals surface area contributed by atoms with Crippen LogP contribution < -0.4 is 9.47 Å². The van der Waals surface area contributed by atoms with Gasteiger partial charge in [-0.25, -0.2) is 0 Å². The van der Waals surface area contributed by atoms with Crippen molar-refractivity contribution in [3.05, 3.63) is 61.9 Å². The van der Waals surface area contributed by atoms with E-state index in [0.717, 1.165) is 15.6 Å². The van der Waals surface area contributed by atoms with Crippen molar-refractivity contribution >= 4 is 67.8 Å². The van der Waals surface area contributed by atoms with Gasteiger partial charge in [-0.15, -0.1) is 0 Å². The first-order valence-electron chi connectivity index (χ1n) is 9.28. The summed E-state index contributed by atoms with van der Waals surface area (Å²) in [7, 11) is 1.58. The molecule has 0 radical (unpaired) electrons. The van der Waals surface area contributed by atoms with Crippen LogP contribution in [0.1, 0.15) is 25.0 Å². The molecular weight excluding hydrogens is 506 g/mol. The molecule has 2 aromatic rings. The van der Waals surface area contributed by atoms with Crippen molar-refractivity contribution in [1.82, 2.24) is 4.90 Å². The molecule has 4 nitrogen and oxygen atoms in total. The highest BCUT2D eigenvalue weighted by molar-refractivity contribution is 9.10. The number of carbonyl (C=O) groups excluding carboxylic acids is 1. The van der Waals surface area contributed by atoms with Gasteiger partial charge in [0.1, 0.15) is 10.9 Å². The van der Waals surface area contributed by atoms with Crippen LogP contribution in [0.25, 0.3) is 6.08 Å². The molecule has 0 N–H and O–H groups in total. The lowest BCUT2D eigenvalue weighted by Crippen LogP contribution is -2.31. The number of rotatable bonds is 7. The first-order chi connectivity index (χ1) is 14.3. The van der Waals surface area contributed by atoms with Crippen LogP contribution in [0.15, 0.2) is 45.8 Å². The van der Waals surface area contributed by atoms with E-state index in [9.17, 15) is 4.79 Å². The summed E-state index contributed by atoms with van der Waals surface area (Å²) in [4.78, 5) is 15.0. The molecule has 1 aliphatic heterocycles. The van der Waals surface area contributed by atoms with E-state index in [1.165, 1.54) is 11.8 Å². The zero-order chi connectivity index (χ0) is 21.8. The van der Waals surface area contributed by atoms with E-state index in [2.05, 4.69) is 29.8 Å². The molecule has 1 aliphatic rings. The molecule has 0 aromatic heterocycles. The third-order valence-electron chi connectivity index (χ3n) is 4.24. The smallest absolute Gasteiger partial charge is 0.266 e. The van der Waals surface area contributed by atoms with Gasteiger partial charge in [0.15, 0.2) is 11.5 Å². The zero-order valence-corrected chi connectivity index (χ0v) is 20.8. The van der Waals surface area contributed by atoms with E-state index in [1.54, 1.807) is 12.0 Å². The Balaban J connectivity index is 1.82. The molecule has 2 aromatic carbocycles. The summed E-state index contributed by atoms with van der Waals surface area (Å²) in [6, 6.07) is 11.2. The van der Waals surface area contributed by atoms with Crippen LogP contribution in [0.5, 0.6) is 11.5 Å². The lowest BCUT2D eigenvalue weighted by Gasteiger charge is -2.16. The topological polar surface area (TPSA) is 38.8 Å². The van der Waals surface area contributed by atoms with E-state index in [-0.39, 0.29) is 5.91 Å². The standard InChI is InChI=1S/C22H21BrClNO3S2/c1-13(2)11-25-21(26)19(30-22(25)29)10-15-8-17(23)20(18(9-15)27-3)28-12-14-5-4-6-16(24)7-14/h4-10,13H,11-12H2,1-3H3/b19-10-. The second-order valence-electron chi connectivity index (χ2n) is 7.14. The maximum atomic E-state index is 12.7. The SMILES string of the molecule is COc1cc(/C=C2\SC(=S)N(CC(C)C)C2=O)cc(Br)c1OCc1cccc(Cl)c1. The molecule has 0 saturated carbocycles. The van der Waals surface area contributed by atoms with Crippen LogP contribution in [0.2, 0.25) is 5.02 Å². The molecule has 1 fully saturated rings. The fourth-order valence-corrected chi connectivity index (χ4v) is 4.98. The molecule has 0 bridgehead atoms. The minimum atomic E-state index is -0.0601. The molecule has 0 spiro atoms. The average Bonchev–Trinajstić information content (AvgIpc) is 2.94. The van der Waals surface area contributed by atoms with Crippen LogP contribution in [0, 0.1) is 5.92 Å². The van der Waals surface area contributed by atoms with Crippen molar-refractivity contribution < 1.29 is 14.3 Å². The van der Waals surface area contributed by atoms with E-state index in [1.807, 2.05) is 42.5 Å². The van der Waals surface area contributed by atoms with Crippen molar-refractivity contribution in [1.29, 1.82) is 0 Å². The summed E-state index contributed by atoms with van der Waals surface area (Å²) >= 11 is 16.3. The van der Waals surface area contributed by atoms with E-state index in [0.29, 0.717) is 44.8 Å². The largest absolute Gasteiger partial charge is 0.493 e. The Kier molecular flexibility index (Phi) is 7.85. The van der Waals surface area contributed by atoms with Crippen molar-refractivity contribution in [3.63, 3.8) is 0 Å². The van der Waals surface area contributed by atoms with Crippen LogP contribution in [0.3, 0.4) is 0 Å². The molecule has 30 heavy (non-hydrogen) atoms. The monoisotopic (exact) mass is 525 g/mol. The Morgan fingerprint density at radius 2 is 2.07 bits per heavy atom. The molecule has 8 heteroatoms. The Labute approximate surface area is 199 Å². The van der Waals surface area contributed by atoms with Crippen molar-refractivity contribution in [2.75, 3.05) is 13.7 Å². The number of amides is 1. The summed E-state index contributed by atoms with van der Waals surface area (Å²) in [6.45, 7) is 5.09.